The maximum absolute atomic E-state index is 4.00. The summed E-state index contributed by atoms with van der Waals surface area (Å²) in [6, 6.07) is 0.564. The van der Waals surface area contributed by atoms with Gasteiger partial charge in [-0.2, -0.15) is 5.10 Å². The van der Waals surface area contributed by atoms with Crippen LogP contribution in [0.4, 0.5) is 0 Å². The minimum atomic E-state index is 0.564. The summed E-state index contributed by atoms with van der Waals surface area (Å²) in [5.41, 5.74) is 2.43. The molecule has 0 bridgehead atoms. The van der Waals surface area contributed by atoms with Gasteiger partial charge in [-0.25, -0.2) is 0 Å². The molecule has 2 atom stereocenters. The first kappa shape index (κ1) is 11.2. The normalized spacial score (nSPS) is 15.4. The number of nitrogens with zero attached hydrogens (tertiary/aromatic N) is 1. The highest BCUT2D eigenvalue weighted by molar-refractivity contribution is 5.13. The van der Waals surface area contributed by atoms with E-state index in [4.69, 9.17) is 0 Å². The largest absolute Gasteiger partial charge is 0.310 e. The molecule has 0 aromatic carbocycles. The van der Waals surface area contributed by atoms with E-state index in [2.05, 4.69) is 43.2 Å². The average molecular weight is 195 g/mol. The predicted octanol–water partition coefficient (Wildman–Crippen LogP) is 2.24. The second-order valence-corrected chi connectivity index (χ2v) is 4.08. The maximum atomic E-state index is 4.00. The topological polar surface area (TPSA) is 40.7 Å². The molecule has 14 heavy (non-hydrogen) atoms. The molecule has 1 aromatic rings. The molecule has 2 unspecified atom stereocenters. The lowest BCUT2D eigenvalue weighted by Gasteiger charge is -2.19. The number of nitrogens with one attached hydrogen (secondary N) is 2. The van der Waals surface area contributed by atoms with E-state index in [9.17, 15) is 0 Å². The summed E-state index contributed by atoms with van der Waals surface area (Å²) >= 11 is 0. The summed E-state index contributed by atoms with van der Waals surface area (Å²) in [5.74, 6) is 0.724. The zero-order valence-electron chi connectivity index (χ0n) is 9.59. The van der Waals surface area contributed by atoms with Crippen LogP contribution in [0.25, 0.3) is 0 Å². The van der Waals surface area contributed by atoms with Crippen LogP contribution in [0.1, 0.15) is 38.4 Å². The van der Waals surface area contributed by atoms with Gasteiger partial charge in [0.1, 0.15) is 0 Å². The van der Waals surface area contributed by atoms with Crippen LogP contribution >= 0.6 is 0 Å². The summed E-state index contributed by atoms with van der Waals surface area (Å²) in [6.45, 7) is 9.71. The first-order chi connectivity index (χ1) is 6.65. The van der Waals surface area contributed by atoms with Crippen LogP contribution in [0, 0.1) is 12.8 Å². The Bertz CT molecular complexity index is 267. The molecule has 0 fully saturated rings. The molecule has 3 nitrogen and oxygen atoms in total. The van der Waals surface area contributed by atoms with Crippen molar-refractivity contribution in [2.24, 2.45) is 5.92 Å². The fraction of sp³-hybridized carbons (Fsp3) is 0.727. The SMILES string of the molecule is CCC(C)C(C)NCc1cn[nH]c1C. The molecular formula is C11H21N3. The van der Waals surface area contributed by atoms with Gasteiger partial charge in [0, 0.05) is 23.8 Å². The van der Waals surface area contributed by atoms with Crippen molar-refractivity contribution in [3.63, 3.8) is 0 Å². The molecule has 0 aliphatic heterocycles. The van der Waals surface area contributed by atoms with E-state index in [0.29, 0.717) is 6.04 Å². The van der Waals surface area contributed by atoms with E-state index in [1.807, 2.05) is 6.20 Å². The number of hydrogen-bond acceptors (Lipinski definition) is 2. The molecular weight excluding hydrogens is 174 g/mol. The second kappa shape index (κ2) is 5.15. The van der Waals surface area contributed by atoms with Crippen LogP contribution in [-0.2, 0) is 6.54 Å². The molecule has 0 aliphatic carbocycles. The third-order valence-electron chi connectivity index (χ3n) is 3.05. The highest BCUT2D eigenvalue weighted by Gasteiger charge is 2.09. The van der Waals surface area contributed by atoms with Crippen LogP contribution in [0.3, 0.4) is 0 Å². The Kier molecular flexibility index (Phi) is 4.14. The van der Waals surface area contributed by atoms with Crippen molar-refractivity contribution in [2.75, 3.05) is 0 Å². The van der Waals surface area contributed by atoms with Crippen LogP contribution in [-0.4, -0.2) is 16.2 Å². The number of H-pyrrole nitrogens is 1. The molecule has 80 valence electrons. The molecule has 1 heterocycles. The van der Waals surface area contributed by atoms with Crippen molar-refractivity contribution < 1.29 is 0 Å². The number of aryl methyl sites for hydroxylation is 1. The molecule has 0 radical (unpaired) electrons. The first-order valence-electron chi connectivity index (χ1n) is 5.37. The van der Waals surface area contributed by atoms with Crippen molar-refractivity contribution in [1.29, 1.82) is 0 Å². The van der Waals surface area contributed by atoms with E-state index in [-0.39, 0.29) is 0 Å². The van der Waals surface area contributed by atoms with Gasteiger partial charge in [-0.15, -0.1) is 0 Å². The fourth-order valence-electron chi connectivity index (χ4n) is 1.38. The summed E-state index contributed by atoms with van der Waals surface area (Å²) < 4.78 is 0. The standard InChI is InChI=1S/C11H21N3/c1-5-8(2)9(3)12-6-11-7-13-14-10(11)4/h7-9,12H,5-6H2,1-4H3,(H,13,14). The van der Waals surface area contributed by atoms with Crippen LogP contribution in [0.2, 0.25) is 0 Å². The highest BCUT2D eigenvalue weighted by Crippen LogP contribution is 2.08. The average Bonchev–Trinajstić information content (AvgIpc) is 2.59. The molecule has 0 saturated heterocycles. The van der Waals surface area contributed by atoms with Gasteiger partial charge in [0.25, 0.3) is 0 Å². The summed E-state index contributed by atoms with van der Waals surface area (Å²) in [7, 11) is 0. The van der Waals surface area contributed by atoms with E-state index in [1.165, 1.54) is 12.0 Å². The molecule has 3 heteroatoms. The highest BCUT2D eigenvalue weighted by atomic mass is 15.1. The monoisotopic (exact) mass is 195 g/mol. The van der Waals surface area contributed by atoms with E-state index in [1.54, 1.807) is 0 Å². The summed E-state index contributed by atoms with van der Waals surface area (Å²) in [4.78, 5) is 0. The minimum Gasteiger partial charge on any atom is -0.310 e. The van der Waals surface area contributed by atoms with E-state index < -0.39 is 0 Å². The third-order valence-corrected chi connectivity index (χ3v) is 3.05. The van der Waals surface area contributed by atoms with E-state index >= 15 is 0 Å². The second-order valence-electron chi connectivity index (χ2n) is 4.08. The Morgan fingerprint density at radius 1 is 1.50 bits per heavy atom. The molecule has 0 amide bonds. The zero-order valence-corrected chi connectivity index (χ0v) is 9.59. The Labute approximate surface area is 86.3 Å². The van der Waals surface area contributed by atoms with Gasteiger partial charge in [0.2, 0.25) is 0 Å². The van der Waals surface area contributed by atoms with Crippen LogP contribution in [0.15, 0.2) is 6.20 Å². The fourth-order valence-corrected chi connectivity index (χ4v) is 1.38. The van der Waals surface area contributed by atoms with Gasteiger partial charge in [-0.3, -0.25) is 5.10 Å². The predicted molar refractivity (Wildman–Crippen MR) is 59.1 cm³/mol. The number of rotatable bonds is 5. The quantitative estimate of drug-likeness (QED) is 0.756. The third kappa shape index (κ3) is 2.84. The van der Waals surface area contributed by atoms with Crippen molar-refractivity contribution in [1.82, 2.24) is 15.5 Å². The molecule has 0 spiro atoms. The zero-order chi connectivity index (χ0) is 10.6. The van der Waals surface area contributed by atoms with Crippen molar-refractivity contribution in [3.05, 3.63) is 17.5 Å². The maximum Gasteiger partial charge on any atom is 0.0535 e. The summed E-state index contributed by atoms with van der Waals surface area (Å²) in [6.07, 6.45) is 3.12. The van der Waals surface area contributed by atoms with Crippen molar-refractivity contribution in [3.8, 4) is 0 Å². The van der Waals surface area contributed by atoms with Crippen molar-refractivity contribution >= 4 is 0 Å². The lowest BCUT2D eigenvalue weighted by Crippen LogP contribution is -2.31. The molecule has 0 aliphatic rings. The smallest absolute Gasteiger partial charge is 0.0535 e. The molecule has 2 N–H and O–H groups in total. The van der Waals surface area contributed by atoms with Gasteiger partial charge in [-0.1, -0.05) is 20.3 Å². The van der Waals surface area contributed by atoms with Crippen LogP contribution < -0.4 is 5.32 Å². The minimum absolute atomic E-state index is 0.564. The number of aromatic nitrogens is 2. The first-order valence-corrected chi connectivity index (χ1v) is 5.37. The lowest BCUT2D eigenvalue weighted by molar-refractivity contribution is 0.389. The van der Waals surface area contributed by atoms with Gasteiger partial charge < -0.3 is 5.32 Å². The van der Waals surface area contributed by atoms with Gasteiger partial charge in [0.15, 0.2) is 0 Å². The molecule has 1 aromatic heterocycles. The molecule has 0 saturated carbocycles. The van der Waals surface area contributed by atoms with Gasteiger partial charge in [-0.05, 0) is 19.8 Å². The van der Waals surface area contributed by atoms with Gasteiger partial charge in [0.05, 0.1) is 6.20 Å². The number of aromatic amines is 1. The van der Waals surface area contributed by atoms with Crippen LogP contribution in [0.5, 0.6) is 0 Å². The van der Waals surface area contributed by atoms with Crippen molar-refractivity contribution in [2.45, 2.75) is 46.7 Å². The number of hydrogen-bond donors (Lipinski definition) is 2. The summed E-state index contributed by atoms with van der Waals surface area (Å²) in [5, 5.41) is 10.5. The molecule has 1 rings (SSSR count). The Morgan fingerprint density at radius 3 is 2.71 bits per heavy atom. The van der Waals surface area contributed by atoms with E-state index in [0.717, 1.165) is 18.2 Å². The lowest BCUT2D eigenvalue weighted by atomic mass is 10.0. The Morgan fingerprint density at radius 2 is 2.21 bits per heavy atom. The Hall–Kier alpha value is -0.830. The Balaban J connectivity index is 2.37. The van der Waals surface area contributed by atoms with Gasteiger partial charge >= 0.3 is 0 Å².